The first-order chi connectivity index (χ1) is 16.4. The van der Waals surface area contributed by atoms with E-state index in [0.29, 0.717) is 11.1 Å². The molecule has 0 aliphatic heterocycles. The summed E-state index contributed by atoms with van der Waals surface area (Å²) in [5.41, 5.74) is 1.04. The summed E-state index contributed by atoms with van der Waals surface area (Å²) < 4.78 is 39.7. The van der Waals surface area contributed by atoms with Crippen molar-refractivity contribution in [3.63, 3.8) is 0 Å². The van der Waals surface area contributed by atoms with Gasteiger partial charge in [-0.15, -0.1) is 0 Å². The van der Waals surface area contributed by atoms with Gasteiger partial charge in [-0.3, -0.25) is 0 Å². The fourth-order valence-corrected chi connectivity index (χ4v) is 2.92. The Morgan fingerprint density at radius 3 is 1.32 bits per heavy atom. The minimum atomic E-state index is -1.04. The summed E-state index contributed by atoms with van der Waals surface area (Å²) in [6.07, 6.45) is 7.87. The van der Waals surface area contributed by atoms with Crippen LogP contribution in [0.25, 0.3) is 24.3 Å². The van der Waals surface area contributed by atoms with Crippen LogP contribution in [0.3, 0.4) is 0 Å². The van der Waals surface area contributed by atoms with Crippen LogP contribution in [-0.4, -0.2) is 11.9 Å². The highest BCUT2D eigenvalue weighted by Crippen LogP contribution is 2.25. The maximum Gasteiger partial charge on any atom is 0.335 e. The molecule has 0 aliphatic carbocycles. The highest BCUT2D eigenvalue weighted by molar-refractivity contribution is 5.85. The van der Waals surface area contributed by atoms with Gasteiger partial charge in [0.05, 0.1) is 0 Å². The molecular formula is C28H20F2O4. The van der Waals surface area contributed by atoms with E-state index in [1.54, 1.807) is 48.5 Å². The van der Waals surface area contributed by atoms with Crippen LogP contribution in [0.5, 0.6) is 11.5 Å². The number of rotatable bonds is 8. The molecule has 0 saturated carbocycles. The second-order valence-corrected chi connectivity index (χ2v) is 6.86. The fraction of sp³-hybridized carbons (Fsp3) is 0. The monoisotopic (exact) mass is 458 g/mol. The lowest BCUT2D eigenvalue weighted by Gasteiger charge is -2.07. The molecule has 0 N–H and O–H groups in total. The molecule has 3 aromatic carbocycles. The summed E-state index contributed by atoms with van der Waals surface area (Å²) in [6, 6.07) is 16.2. The van der Waals surface area contributed by atoms with Crippen molar-refractivity contribution in [2.75, 3.05) is 0 Å². The lowest BCUT2D eigenvalue weighted by molar-refractivity contribution is -0.129. The van der Waals surface area contributed by atoms with Crippen LogP contribution in [0.4, 0.5) is 8.78 Å². The Labute approximate surface area is 195 Å². The van der Waals surface area contributed by atoms with E-state index >= 15 is 0 Å². The summed E-state index contributed by atoms with van der Waals surface area (Å²) in [6.45, 7) is 6.70. The highest BCUT2D eigenvalue weighted by Gasteiger charge is 2.11. The number of halogens is 2. The van der Waals surface area contributed by atoms with E-state index in [-0.39, 0.29) is 22.6 Å². The van der Waals surface area contributed by atoms with Gasteiger partial charge in [0.1, 0.15) is 11.5 Å². The zero-order valence-corrected chi connectivity index (χ0v) is 18.0. The van der Waals surface area contributed by atoms with Crippen molar-refractivity contribution in [3.8, 4) is 11.5 Å². The number of ether oxygens (including phenoxy) is 2. The highest BCUT2D eigenvalue weighted by atomic mass is 19.2. The number of hydrogen-bond acceptors (Lipinski definition) is 4. The van der Waals surface area contributed by atoms with Gasteiger partial charge in [0.25, 0.3) is 0 Å². The van der Waals surface area contributed by atoms with Crippen molar-refractivity contribution >= 4 is 36.2 Å². The van der Waals surface area contributed by atoms with Gasteiger partial charge in [0, 0.05) is 34.4 Å². The van der Waals surface area contributed by atoms with Gasteiger partial charge in [-0.1, -0.05) is 86.0 Å². The molecule has 6 heteroatoms. The number of benzene rings is 3. The first kappa shape index (κ1) is 24.1. The van der Waals surface area contributed by atoms with Gasteiger partial charge in [0.15, 0.2) is 11.6 Å². The van der Waals surface area contributed by atoms with Gasteiger partial charge in [-0.05, 0) is 12.1 Å². The molecule has 170 valence electrons. The SMILES string of the molecule is C=CC(=O)Oc1ccccc1C=Cc1ccc(C=Cc2ccccc2OC(=O)C=C)c(F)c1F. The molecule has 0 saturated heterocycles. The summed E-state index contributed by atoms with van der Waals surface area (Å²) in [5.74, 6) is -2.81. The van der Waals surface area contributed by atoms with Crippen molar-refractivity contribution in [3.05, 3.63) is 120 Å². The number of carbonyl (C=O) groups is 2. The Kier molecular flexibility index (Phi) is 8.02. The van der Waals surface area contributed by atoms with Gasteiger partial charge < -0.3 is 9.47 Å². The predicted molar refractivity (Wildman–Crippen MR) is 129 cm³/mol. The molecule has 0 amide bonds. The largest absolute Gasteiger partial charge is 0.423 e. The van der Waals surface area contributed by atoms with Crippen LogP contribution in [-0.2, 0) is 9.59 Å². The van der Waals surface area contributed by atoms with E-state index in [4.69, 9.17) is 9.47 Å². The molecule has 0 unspecified atom stereocenters. The van der Waals surface area contributed by atoms with E-state index in [1.807, 2.05) is 0 Å². The summed E-state index contributed by atoms with van der Waals surface area (Å²) in [7, 11) is 0. The van der Waals surface area contributed by atoms with E-state index in [0.717, 1.165) is 12.2 Å². The molecular weight excluding hydrogens is 438 g/mol. The Hall–Kier alpha value is -4.58. The summed E-state index contributed by atoms with van der Waals surface area (Å²) >= 11 is 0. The van der Waals surface area contributed by atoms with E-state index in [1.165, 1.54) is 36.4 Å². The molecule has 0 radical (unpaired) electrons. The minimum absolute atomic E-state index is 0.0137. The third-order valence-electron chi connectivity index (χ3n) is 4.62. The first-order valence-electron chi connectivity index (χ1n) is 10.1. The van der Waals surface area contributed by atoms with Crippen LogP contribution in [0, 0.1) is 11.6 Å². The van der Waals surface area contributed by atoms with Crippen molar-refractivity contribution in [2.45, 2.75) is 0 Å². The summed E-state index contributed by atoms with van der Waals surface area (Å²) in [4.78, 5) is 23.0. The van der Waals surface area contributed by atoms with Crippen LogP contribution < -0.4 is 9.47 Å². The molecule has 0 aliphatic rings. The lowest BCUT2D eigenvalue weighted by Crippen LogP contribution is -2.04. The van der Waals surface area contributed by atoms with Crippen molar-refractivity contribution in [1.82, 2.24) is 0 Å². The molecule has 0 spiro atoms. The first-order valence-corrected chi connectivity index (χ1v) is 10.1. The summed E-state index contributed by atoms with van der Waals surface area (Å²) in [5, 5.41) is 0. The third kappa shape index (κ3) is 6.01. The molecule has 0 fully saturated rings. The molecule has 0 bridgehead atoms. The van der Waals surface area contributed by atoms with E-state index in [9.17, 15) is 18.4 Å². The topological polar surface area (TPSA) is 52.6 Å². The van der Waals surface area contributed by atoms with Crippen molar-refractivity contribution in [2.24, 2.45) is 0 Å². The molecule has 4 nitrogen and oxygen atoms in total. The maximum atomic E-state index is 14.7. The Balaban J connectivity index is 1.85. The standard InChI is InChI=1S/C28H20F2O4/c1-3-25(31)33-23-11-7-5-9-19(23)13-15-21-17-18-22(28(30)27(21)29)16-14-20-10-6-8-12-24(20)34-26(32)4-2/h3-18H,1-2H2. The van der Waals surface area contributed by atoms with Gasteiger partial charge in [-0.2, -0.15) is 0 Å². The molecule has 34 heavy (non-hydrogen) atoms. The zero-order valence-electron chi connectivity index (χ0n) is 18.0. The Bertz CT molecular complexity index is 1210. The second kappa shape index (κ2) is 11.3. The second-order valence-electron chi connectivity index (χ2n) is 6.86. The van der Waals surface area contributed by atoms with Gasteiger partial charge >= 0.3 is 11.9 Å². The molecule has 0 aromatic heterocycles. The fourth-order valence-electron chi connectivity index (χ4n) is 2.92. The van der Waals surface area contributed by atoms with Crippen molar-refractivity contribution in [1.29, 1.82) is 0 Å². The third-order valence-corrected chi connectivity index (χ3v) is 4.62. The van der Waals surface area contributed by atoms with Crippen molar-refractivity contribution < 1.29 is 27.8 Å². The molecule has 3 rings (SSSR count). The smallest absolute Gasteiger partial charge is 0.335 e. The number of para-hydroxylation sites is 2. The average molecular weight is 458 g/mol. The van der Waals surface area contributed by atoms with E-state index in [2.05, 4.69) is 13.2 Å². The Morgan fingerprint density at radius 2 is 0.941 bits per heavy atom. The van der Waals surface area contributed by atoms with Crippen LogP contribution in [0.1, 0.15) is 22.3 Å². The minimum Gasteiger partial charge on any atom is -0.423 e. The predicted octanol–water partition coefficient (Wildman–Crippen LogP) is 6.49. The molecule has 3 aromatic rings. The molecule has 0 heterocycles. The van der Waals surface area contributed by atoms with E-state index < -0.39 is 23.6 Å². The average Bonchev–Trinajstić information content (AvgIpc) is 2.85. The number of hydrogen-bond donors (Lipinski definition) is 0. The lowest BCUT2D eigenvalue weighted by atomic mass is 10.1. The quantitative estimate of drug-likeness (QED) is 0.168. The normalized spacial score (nSPS) is 10.9. The Morgan fingerprint density at radius 1 is 0.588 bits per heavy atom. The molecule has 0 atom stereocenters. The van der Waals surface area contributed by atoms with Gasteiger partial charge in [0.2, 0.25) is 0 Å². The van der Waals surface area contributed by atoms with Gasteiger partial charge in [-0.25, -0.2) is 18.4 Å². The van der Waals surface area contributed by atoms with Crippen LogP contribution >= 0.6 is 0 Å². The zero-order chi connectivity index (χ0) is 24.5. The van der Waals surface area contributed by atoms with Crippen LogP contribution in [0.2, 0.25) is 0 Å². The number of carbonyl (C=O) groups excluding carboxylic acids is 2. The van der Waals surface area contributed by atoms with Crippen LogP contribution in [0.15, 0.2) is 86.0 Å². The maximum absolute atomic E-state index is 14.7. The number of esters is 2.